The van der Waals surface area contributed by atoms with Crippen LogP contribution < -0.4 is 11.5 Å². The number of fused-ring (bicyclic) bond motifs is 1. The third kappa shape index (κ3) is 2.58. The molecule has 2 aromatic heterocycles. The molecule has 3 aromatic rings. The van der Waals surface area contributed by atoms with E-state index in [2.05, 4.69) is 21.5 Å². The van der Waals surface area contributed by atoms with Crippen LogP contribution in [-0.4, -0.2) is 19.5 Å². The van der Waals surface area contributed by atoms with E-state index < -0.39 is 0 Å². The Kier molecular flexibility index (Phi) is 3.59. The quantitative estimate of drug-likeness (QED) is 0.705. The van der Waals surface area contributed by atoms with Gasteiger partial charge in [0.05, 0.1) is 6.33 Å². The zero-order chi connectivity index (χ0) is 16.7. The third-order valence-corrected chi connectivity index (χ3v) is 4.97. The Bertz CT molecular complexity index is 876. The van der Waals surface area contributed by atoms with E-state index in [-0.39, 0.29) is 0 Å². The van der Waals surface area contributed by atoms with Crippen molar-refractivity contribution in [1.82, 2.24) is 19.5 Å². The van der Waals surface area contributed by atoms with Crippen molar-refractivity contribution in [2.45, 2.75) is 38.6 Å². The average molecular weight is 322 g/mol. The monoisotopic (exact) mass is 322 g/mol. The maximum absolute atomic E-state index is 6.14. The first-order valence-corrected chi connectivity index (χ1v) is 8.48. The maximum atomic E-state index is 6.14. The number of hydrogen-bond acceptors (Lipinski definition) is 5. The van der Waals surface area contributed by atoms with Crippen LogP contribution in [0.1, 0.15) is 38.6 Å². The molecule has 4 N–H and O–H groups in total. The molecule has 0 amide bonds. The number of nitrogen functional groups attached to an aromatic ring is 2. The standard InChI is InChI=1S/C18H22N6/c1-11-5-7-14(8-6-11)24-10-21-15-16(20)22-17(23-18(15)24)12-3-2-4-13(19)9-12/h2-4,9-11,14H,5-8,19H2,1H3,(H2,20,22,23). The Hall–Kier alpha value is -2.63. The van der Waals surface area contributed by atoms with Crippen LogP contribution in [0.5, 0.6) is 0 Å². The van der Waals surface area contributed by atoms with Crippen LogP contribution in [0, 0.1) is 5.92 Å². The Morgan fingerprint density at radius 2 is 1.88 bits per heavy atom. The number of nitrogens with zero attached hydrogens (tertiary/aromatic N) is 4. The van der Waals surface area contributed by atoms with Crippen LogP contribution in [-0.2, 0) is 0 Å². The van der Waals surface area contributed by atoms with Gasteiger partial charge in [0.1, 0.15) is 5.52 Å². The third-order valence-electron chi connectivity index (χ3n) is 4.97. The number of imidazole rings is 1. The molecule has 1 aliphatic rings. The van der Waals surface area contributed by atoms with Gasteiger partial charge in [0.15, 0.2) is 17.3 Å². The lowest BCUT2D eigenvalue weighted by Gasteiger charge is -2.27. The van der Waals surface area contributed by atoms with Gasteiger partial charge in [-0.3, -0.25) is 0 Å². The Morgan fingerprint density at radius 3 is 2.62 bits per heavy atom. The number of nitrogens with two attached hydrogens (primary N) is 2. The van der Waals surface area contributed by atoms with Gasteiger partial charge in [-0.05, 0) is 43.7 Å². The Morgan fingerprint density at radius 1 is 1.08 bits per heavy atom. The maximum Gasteiger partial charge on any atom is 0.166 e. The lowest BCUT2D eigenvalue weighted by Crippen LogP contribution is -2.16. The van der Waals surface area contributed by atoms with E-state index >= 15 is 0 Å². The molecule has 1 aromatic carbocycles. The first-order valence-electron chi connectivity index (χ1n) is 8.48. The molecular weight excluding hydrogens is 300 g/mol. The minimum Gasteiger partial charge on any atom is -0.399 e. The first kappa shape index (κ1) is 14.9. The van der Waals surface area contributed by atoms with Crippen LogP contribution in [0.3, 0.4) is 0 Å². The predicted octanol–water partition coefficient (Wildman–Crippen LogP) is 3.41. The molecule has 6 nitrogen and oxygen atoms in total. The molecule has 0 saturated heterocycles. The van der Waals surface area contributed by atoms with E-state index in [9.17, 15) is 0 Å². The summed E-state index contributed by atoms with van der Waals surface area (Å²) in [6, 6.07) is 7.99. The predicted molar refractivity (Wildman–Crippen MR) is 96.3 cm³/mol. The average Bonchev–Trinajstić information content (AvgIpc) is 3.00. The van der Waals surface area contributed by atoms with Gasteiger partial charge < -0.3 is 16.0 Å². The smallest absolute Gasteiger partial charge is 0.166 e. The van der Waals surface area contributed by atoms with Crippen molar-refractivity contribution in [2.75, 3.05) is 11.5 Å². The fraction of sp³-hybridized carbons (Fsp3) is 0.389. The molecule has 0 unspecified atom stereocenters. The van der Waals surface area contributed by atoms with Crippen LogP contribution in [0.4, 0.5) is 11.5 Å². The zero-order valence-electron chi connectivity index (χ0n) is 13.8. The van der Waals surface area contributed by atoms with E-state index in [1.165, 1.54) is 12.8 Å². The summed E-state index contributed by atoms with van der Waals surface area (Å²) in [7, 11) is 0. The summed E-state index contributed by atoms with van der Waals surface area (Å²) in [5.41, 5.74) is 15.1. The molecule has 0 spiro atoms. The zero-order valence-corrected chi connectivity index (χ0v) is 13.8. The molecular formula is C18H22N6. The van der Waals surface area contributed by atoms with Crippen molar-refractivity contribution < 1.29 is 0 Å². The topological polar surface area (TPSA) is 95.6 Å². The summed E-state index contributed by atoms with van der Waals surface area (Å²) < 4.78 is 2.18. The molecule has 0 atom stereocenters. The number of aromatic nitrogens is 4. The molecule has 24 heavy (non-hydrogen) atoms. The lowest BCUT2D eigenvalue weighted by atomic mass is 9.87. The molecule has 0 aliphatic heterocycles. The van der Waals surface area contributed by atoms with Crippen molar-refractivity contribution in [3.8, 4) is 11.4 Å². The van der Waals surface area contributed by atoms with E-state index in [1.54, 1.807) is 0 Å². The fourth-order valence-electron chi connectivity index (χ4n) is 3.53. The van der Waals surface area contributed by atoms with E-state index in [1.807, 2.05) is 30.6 Å². The minimum absolute atomic E-state index is 0.417. The van der Waals surface area contributed by atoms with Gasteiger partial charge in [0, 0.05) is 17.3 Å². The van der Waals surface area contributed by atoms with E-state index in [0.717, 1.165) is 30.0 Å². The number of rotatable bonds is 2. The molecule has 4 rings (SSSR count). The Balaban J connectivity index is 1.80. The highest BCUT2D eigenvalue weighted by Crippen LogP contribution is 2.34. The van der Waals surface area contributed by atoms with Crippen molar-refractivity contribution in [3.63, 3.8) is 0 Å². The SMILES string of the molecule is CC1CCC(n2cnc3c(N)nc(-c4cccc(N)c4)nc32)CC1. The van der Waals surface area contributed by atoms with Gasteiger partial charge in [-0.15, -0.1) is 0 Å². The molecule has 1 saturated carbocycles. The van der Waals surface area contributed by atoms with Crippen LogP contribution in [0.2, 0.25) is 0 Å². The Labute approximate surface area is 140 Å². The van der Waals surface area contributed by atoms with Crippen molar-refractivity contribution in [2.24, 2.45) is 5.92 Å². The minimum atomic E-state index is 0.417. The summed E-state index contributed by atoms with van der Waals surface area (Å²) in [4.78, 5) is 13.6. The summed E-state index contributed by atoms with van der Waals surface area (Å²) in [6.07, 6.45) is 6.66. The normalized spacial score (nSPS) is 21.2. The molecule has 2 heterocycles. The number of benzene rings is 1. The second kappa shape index (κ2) is 5.78. The highest BCUT2D eigenvalue weighted by Gasteiger charge is 2.23. The van der Waals surface area contributed by atoms with Gasteiger partial charge in [0.2, 0.25) is 0 Å². The first-order chi connectivity index (χ1) is 11.6. The van der Waals surface area contributed by atoms with Crippen molar-refractivity contribution in [1.29, 1.82) is 0 Å². The molecule has 6 heteroatoms. The molecule has 0 radical (unpaired) electrons. The van der Waals surface area contributed by atoms with Crippen LogP contribution in [0.15, 0.2) is 30.6 Å². The van der Waals surface area contributed by atoms with E-state index in [0.29, 0.717) is 28.9 Å². The van der Waals surface area contributed by atoms with Gasteiger partial charge in [-0.1, -0.05) is 19.1 Å². The largest absolute Gasteiger partial charge is 0.399 e. The summed E-state index contributed by atoms with van der Waals surface area (Å²) >= 11 is 0. The second-order valence-electron chi connectivity index (χ2n) is 6.80. The summed E-state index contributed by atoms with van der Waals surface area (Å²) in [6.45, 7) is 2.32. The van der Waals surface area contributed by atoms with E-state index in [4.69, 9.17) is 16.5 Å². The highest BCUT2D eigenvalue weighted by molar-refractivity contribution is 5.84. The van der Waals surface area contributed by atoms with Crippen molar-refractivity contribution >= 4 is 22.7 Å². The van der Waals surface area contributed by atoms with Gasteiger partial charge in [0.25, 0.3) is 0 Å². The van der Waals surface area contributed by atoms with Gasteiger partial charge >= 0.3 is 0 Å². The van der Waals surface area contributed by atoms with Gasteiger partial charge in [-0.2, -0.15) is 0 Å². The molecule has 0 bridgehead atoms. The number of hydrogen-bond donors (Lipinski definition) is 2. The summed E-state index contributed by atoms with van der Waals surface area (Å²) in [5.74, 6) is 1.82. The molecule has 1 aliphatic carbocycles. The van der Waals surface area contributed by atoms with Crippen LogP contribution >= 0.6 is 0 Å². The van der Waals surface area contributed by atoms with Crippen LogP contribution in [0.25, 0.3) is 22.6 Å². The highest BCUT2D eigenvalue weighted by atomic mass is 15.2. The number of anilines is 2. The molecule has 124 valence electrons. The molecule has 1 fully saturated rings. The fourth-order valence-corrected chi connectivity index (χ4v) is 3.53. The van der Waals surface area contributed by atoms with Gasteiger partial charge in [-0.25, -0.2) is 15.0 Å². The lowest BCUT2D eigenvalue weighted by molar-refractivity contribution is 0.293. The second-order valence-corrected chi connectivity index (χ2v) is 6.80. The van der Waals surface area contributed by atoms with Crippen molar-refractivity contribution in [3.05, 3.63) is 30.6 Å². The summed E-state index contributed by atoms with van der Waals surface area (Å²) in [5, 5.41) is 0.